The Hall–Kier alpha value is -3.01. The van der Waals surface area contributed by atoms with Gasteiger partial charge in [-0.15, -0.1) is 0 Å². The Morgan fingerprint density at radius 1 is 1.15 bits per heavy atom. The van der Waals surface area contributed by atoms with Gasteiger partial charge >= 0.3 is 6.18 Å². The van der Waals surface area contributed by atoms with Crippen LogP contribution in [0.3, 0.4) is 0 Å². The Balaban J connectivity index is 1.88. The number of benzene rings is 1. The van der Waals surface area contributed by atoms with Crippen LogP contribution >= 0.6 is 11.6 Å². The highest BCUT2D eigenvalue weighted by Gasteiger charge is 2.37. The van der Waals surface area contributed by atoms with Crippen LogP contribution in [-0.2, 0) is 6.18 Å². The van der Waals surface area contributed by atoms with Gasteiger partial charge < -0.3 is 14.4 Å². The fraction of sp³-hybridized carbons (Fsp3) is 0.409. The van der Waals surface area contributed by atoms with Crippen molar-refractivity contribution in [2.24, 2.45) is 0 Å². The van der Waals surface area contributed by atoms with Gasteiger partial charge in [0.25, 0.3) is 5.91 Å². The smallest absolute Gasteiger partial charge is 0.433 e. The predicted octanol–water partition coefficient (Wildman–Crippen LogP) is 5.10. The van der Waals surface area contributed by atoms with E-state index < -0.39 is 17.8 Å². The van der Waals surface area contributed by atoms with Crippen molar-refractivity contribution in [3.8, 4) is 22.8 Å². The van der Waals surface area contributed by atoms with E-state index in [0.717, 1.165) is 25.3 Å². The van der Waals surface area contributed by atoms with Gasteiger partial charge in [0.05, 0.1) is 19.9 Å². The van der Waals surface area contributed by atoms with E-state index in [1.807, 2.05) is 6.92 Å². The first-order chi connectivity index (χ1) is 15.7. The van der Waals surface area contributed by atoms with Gasteiger partial charge in [-0.3, -0.25) is 4.79 Å². The van der Waals surface area contributed by atoms with Gasteiger partial charge in [0.2, 0.25) is 0 Å². The maximum atomic E-state index is 14.0. The van der Waals surface area contributed by atoms with Crippen molar-refractivity contribution >= 4 is 23.2 Å². The summed E-state index contributed by atoms with van der Waals surface area (Å²) in [7, 11) is 2.88. The topological polar surface area (TPSA) is 69.0 Å². The maximum Gasteiger partial charge on any atom is 0.433 e. The van der Waals surface area contributed by atoms with Crippen molar-refractivity contribution in [3.63, 3.8) is 0 Å². The van der Waals surface area contributed by atoms with Crippen molar-refractivity contribution in [3.05, 3.63) is 40.7 Å². The summed E-state index contributed by atoms with van der Waals surface area (Å²) in [5.41, 5.74) is -1.22. The van der Waals surface area contributed by atoms with Crippen LogP contribution in [0.2, 0.25) is 5.02 Å². The summed E-state index contributed by atoms with van der Waals surface area (Å²) in [4.78, 5) is 19.0. The highest BCUT2D eigenvalue weighted by Crippen LogP contribution is 2.37. The minimum absolute atomic E-state index is 0.00270. The molecule has 1 aliphatic rings. The number of amides is 1. The molecule has 0 aliphatic carbocycles. The number of ether oxygens (including phenoxy) is 2. The van der Waals surface area contributed by atoms with E-state index in [2.05, 4.69) is 10.1 Å². The summed E-state index contributed by atoms with van der Waals surface area (Å²) in [6, 6.07) is 5.47. The van der Waals surface area contributed by atoms with Crippen LogP contribution in [0.1, 0.15) is 42.4 Å². The second kappa shape index (κ2) is 8.74. The third kappa shape index (κ3) is 4.19. The van der Waals surface area contributed by atoms with E-state index >= 15 is 0 Å². The Labute approximate surface area is 193 Å². The molecule has 3 heterocycles. The van der Waals surface area contributed by atoms with Crippen molar-refractivity contribution in [2.45, 2.75) is 38.4 Å². The zero-order valence-electron chi connectivity index (χ0n) is 18.2. The number of carbonyl (C=O) groups is 1. The highest BCUT2D eigenvalue weighted by molar-refractivity contribution is 6.36. The Bertz CT molecular complexity index is 1210. The number of alkyl halides is 3. The van der Waals surface area contributed by atoms with Crippen LogP contribution in [0.5, 0.6) is 11.5 Å². The fourth-order valence-electron chi connectivity index (χ4n) is 4.01. The van der Waals surface area contributed by atoms with E-state index in [1.165, 1.54) is 20.3 Å². The van der Waals surface area contributed by atoms with Crippen LogP contribution in [0.15, 0.2) is 24.3 Å². The molecule has 0 saturated carbocycles. The predicted molar refractivity (Wildman–Crippen MR) is 116 cm³/mol. The van der Waals surface area contributed by atoms with Gasteiger partial charge in [-0.1, -0.05) is 11.6 Å². The monoisotopic (exact) mass is 482 g/mol. The normalized spacial score (nSPS) is 16.8. The molecule has 176 valence electrons. The first-order valence-electron chi connectivity index (χ1n) is 10.4. The lowest BCUT2D eigenvalue weighted by Crippen LogP contribution is -2.42. The summed E-state index contributed by atoms with van der Waals surface area (Å²) < 4.78 is 52.9. The molecule has 0 N–H and O–H groups in total. The first kappa shape index (κ1) is 23.2. The second-order valence-corrected chi connectivity index (χ2v) is 8.21. The van der Waals surface area contributed by atoms with E-state index in [9.17, 15) is 18.0 Å². The molecule has 0 bridgehead atoms. The quantitative estimate of drug-likeness (QED) is 0.517. The molecule has 0 radical (unpaired) electrons. The number of rotatable bonds is 4. The number of likely N-dealkylation sites (tertiary alicyclic amines) is 1. The molecule has 1 saturated heterocycles. The number of piperidine rings is 1. The fourth-order valence-corrected chi connectivity index (χ4v) is 4.25. The summed E-state index contributed by atoms with van der Waals surface area (Å²) in [5.74, 6) is 0.252. The third-order valence-electron chi connectivity index (χ3n) is 5.77. The van der Waals surface area contributed by atoms with Crippen LogP contribution in [0.25, 0.3) is 16.9 Å². The molecule has 1 atom stereocenters. The molecule has 4 rings (SSSR count). The van der Waals surface area contributed by atoms with Gasteiger partial charge in [-0.2, -0.15) is 18.3 Å². The van der Waals surface area contributed by atoms with E-state index in [-0.39, 0.29) is 28.1 Å². The summed E-state index contributed by atoms with van der Waals surface area (Å²) in [6.45, 7) is 2.40. The molecule has 1 unspecified atom stereocenters. The number of hydrogen-bond acceptors (Lipinski definition) is 5. The van der Waals surface area contributed by atoms with Crippen molar-refractivity contribution in [1.29, 1.82) is 0 Å². The SMILES string of the molecule is COc1ccc(-c2cc(C(F)(F)F)n3nc(C(=O)N4CCCCC4C)c(Cl)c3n2)cc1OC. The largest absolute Gasteiger partial charge is 0.493 e. The summed E-state index contributed by atoms with van der Waals surface area (Å²) in [6.07, 6.45) is -2.15. The molecule has 33 heavy (non-hydrogen) atoms. The van der Waals surface area contributed by atoms with Gasteiger partial charge in [0.1, 0.15) is 5.02 Å². The van der Waals surface area contributed by atoms with Crippen LogP contribution < -0.4 is 9.47 Å². The number of carbonyl (C=O) groups excluding carboxylic acids is 1. The summed E-state index contributed by atoms with van der Waals surface area (Å²) >= 11 is 6.40. The number of methoxy groups -OCH3 is 2. The molecule has 3 aromatic rings. The molecule has 11 heteroatoms. The number of hydrogen-bond donors (Lipinski definition) is 0. The molecule has 2 aromatic heterocycles. The number of fused-ring (bicyclic) bond motifs is 1. The maximum absolute atomic E-state index is 14.0. The highest BCUT2D eigenvalue weighted by atomic mass is 35.5. The minimum atomic E-state index is -4.76. The lowest BCUT2D eigenvalue weighted by Gasteiger charge is -2.32. The Morgan fingerprint density at radius 2 is 1.88 bits per heavy atom. The van der Waals surface area contributed by atoms with Gasteiger partial charge in [-0.25, -0.2) is 9.50 Å². The number of aromatic nitrogens is 3. The average Bonchev–Trinajstić information content (AvgIpc) is 3.13. The lowest BCUT2D eigenvalue weighted by atomic mass is 10.0. The van der Waals surface area contributed by atoms with Crippen molar-refractivity contribution < 1.29 is 27.4 Å². The number of nitrogens with zero attached hydrogens (tertiary/aromatic N) is 4. The van der Waals surface area contributed by atoms with Crippen LogP contribution in [-0.4, -0.2) is 52.2 Å². The molecular formula is C22H22ClF3N4O3. The minimum Gasteiger partial charge on any atom is -0.493 e. The van der Waals surface area contributed by atoms with E-state index in [4.69, 9.17) is 21.1 Å². The van der Waals surface area contributed by atoms with Crippen molar-refractivity contribution in [2.75, 3.05) is 20.8 Å². The average molecular weight is 483 g/mol. The standard InChI is InChI=1S/C22H22ClF3N4O3/c1-12-6-4-5-9-29(12)21(31)19-18(23)20-27-14(11-17(22(24,25)26)30(20)28-19)13-7-8-15(32-2)16(10-13)33-3/h7-8,10-12H,4-6,9H2,1-3H3. The molecule has 0 spiro atoms. The lowest BCUT2D eigenvalue weighted by molar-refractivity contribution is -0.142. The van der Waals surface area contributed by atoms with Gasteiger partial charge in [0, 0.05) is 18.2 Å². The molecular weight excluding hydrogens is 461 g/mol. The third-order valence-corrected chi connectivity index (χ3v) is 6.12. The molecule has 1 amide bonds. The zero-order valence-corrected chi connectivity index (χ0v) is 19.0. The first-order valence-corrected chi connectivity index (χ1v) is 10.7. The molecule has 1 aromatic carbocycles. The zero-order chi connectivity index (χ0) is 23.9. The molecule has 1 aliphatic heterocycles. The number of halogens is 4. The molecule has 1 fully saturated rings. The molecule has 7 nitrogen and oxygen atoms in total. The second-order valence-electron chi connectivity index (χ2n) is 7.84. The van der Waals surface area contributed by atoms with Gasteiger partial charge in [0.15, 0.2) is 28.5 Å². The van der Waals surface area contributed by atoms with Gasteiger partial charge in [-0.05, 0) is 50.5 Å². The van der Waals surface area contributed by atoms with E-state index in [1.54, 1.807) is 17.0 Å². The summed E-state index contributed by atoms with van der Waals surface area (Å²) in [5, 5.41) is 3.73. The van der Waals surface area contributed by atoms with Crippen LogP contribution in [0.4, 0.5) is 13.2 Å². The Kier molecular flexibility index (Phi) is 6.13. The Morgan fingerprint density at radius 3 is 2.52 bits per heavy atom. The van der Waals surface area contributed by atoms with Crippen LogP contribution in [0, 0.1) is 0 Å². The van der Waals surface area contributed by atoms with Crippen molar-refractivity contribution in [1.82, 2.24) is 19.5 Å². The van der Waals surface area contributed by atoms with E-state index in [0.29, 0.717) is 28.1 Å².